The summed E-state index contributed by atoms with van der Waals surface area (Å²) in [4.78, 5) is 6.54. The first-order valence-corrected chi connectivity index (χ1v) is 7.46. The Morgan fingerprint density at radius 3 is 2.86 bits per heavy atom. The second-order valence-corrected chi connectivity index (χ2v) is 5.56. The van der Waals surface area contributed by atoms with Crippen LogP contribution >= 0.6 is 0 Å². The van der Waals surface area contributed by atoms with Gasteiger partial charge >= 0.3 is 0 Å². The molecule has 2 aromatic rings. The Kier molecular flexibility index (Phi) is 6.02. The van der Waals surface area contributed by atoms with Crippen LogP contribution in [0.25, 0.3) is 0 Å². The highest BCUT2D eigenvalue weighted by Crippen LogP contribution is 2.10. The third-order valence-electron chi connectivity index (χ3n) is 3.33. The summed E-state index contributed by atoms with van der Waals surface area (Å²) in [6.07, 6.45) is 6.78. The summed E-state index contributed by atoms with van der Waals surface area (Å²) >= 11 is 0. The van der Waals surface area contributed by atoms with E-state index in [-0.39, 0.29) is 0 Å². The zero-order chi connectivity index (χ0) is 15.1. The molecule has 116 valence electrons. The number of hydrogen-bond donors (Lipinski definition) is 0. The molecule has 21 heavy (non-hydrogen) atoms. The SMILES string of the molecule is CC(C)OCCCN(Cc1ccco1)Cc1cncn1C. The summed E-state index contributed by atoms with van der Waals surface area (Å²) in [6.45, 7) is 7.56. The third kappa shape index (κ3) is 5.36. The molecule has 0 aliphatic carbocycles. The van der Waals surface area contributed by atoms with Crippen molar-refractivity contribution in [1.82, 2.24) is 14.5 Å². The third-order valence-corrected chi connectivity index (χ3v) is 3.33. The molecule has 0 aliphatic heterocycles. The van der Waals surface area contributed by atoms with Gasteiger partial charge in [0.05, 0.1) is 30.9 Å². The molecule has 0 spiro atoms. The van der Waals surface area contributed by atoms with Gasteiger partial charge in [-0.1, -0.05) is 0 Å². The van der Waals surface area contributed by atoms with Crippen LogP contribution in [0, 0.1) is 0 Å². The smallest absolute Gasteiger partial charge is 0.117 e. The molecule has 0 saturated carbocycles. The highest BCUT2D eigenvalue weighted by Gasteiger charge is 2.11. The second-order valence-electron chi connectivity index (χ2n) is 5.56. The molecule has 5 heteroatoms. The van der Waals surface area contributed by atoms with Crippen molar-refractivity contribution >= 4 is 0 Å². The predicted octanol–water partition coefficient (Wildman–Crippen LogP) is 2.83. The molecule has 2 rings (SSSR count). The molecule has 2 aromatic heterocycles. The number of aromatic nitrogens is 2. The fourth-order valence-electron chi connectivity index (χ4n) is 2.21. The second kappa shape index (κ2) is 8.00. The summed E-state index contributed by atoms with van der Waals surface area (Å²) < 4.78 is 13.1. The largest absolute Gasteiger partial charge is 0.468 e. The van der Waals surface area contributed by atoms with Gasteiger partial charge in [-0.05, 0) is 32.4 Å². The van der Waals surface area contributed by atoms with Crippen LogP contribution in [0.15, 0.2) is 35.3 Å². The monoisotopic (exact) mass is 291 g/mol. The highest BCUT2D eigenvalue weighted by atomic mass is 16.5. The number of nitrogens with zero attached hydrogens (tertiary/aromatic N) is 3. The van der Waals surface area contributed by atoms with Crippen molar-refractivity contribution in [2.24, 2.45) is 7.05 Å². The van der Waals surface area contributed by atoms with E-state index in [1.807, 2.05) is 31.7 Å². The number of rotatable bonds is 9. The molecule has 0 fully saturated rings. The molecule has 2 heterocycles. The summed E-state index contributed by atoms with van der Waals surface area (Å²) in [6, 6.07) is 3.94. The number of hydrogen-bond acceptors (Lipinski definition) is 4. The Labute approximate surface area is 126 Å². The minimum Gasteiger partial charge on any atom is -0.468 e. The van der Waals surface area contributed by atoms with Crippen LogP contribution in [0.5, 0.6) is 0 Å². The summed E-state index contributed by atoms with van der Waals surface area (Å²) in [5.74, 6) is 0.988. The molecule has 5 nitrogen and oxygen atoms in total. The fraction of sp³-hybridized carbons (Fsp3) is 0.562. The number of imidazole rings is 1. The molecular formula is C16H25N3O2. The molecule has 0 aliphatic rings. The number of furan rings is 1. The molecule has 0 aromatic carbocycles. The first kappa shape index (κ1) is 15.8. The topological polar surface area (TPSA) is 43.4 Å². The summed E-state index contributed by atoms with van der Waals surface area (Å²) in [7, 11) is 2.02. The zero-order valence-electron chi connectivity index (χ0n) is 13.2. The van der Waals surface area contributed by atoms with E-state index in [2.05, 4.69) is 28.3 Å². The maximum atomic E-state index is 5.62. The Morgan fingerprint density at radius 1 is 1.38 bits per heavy atom. The Bertz CT molecular complexity index is 505. The van der Waals surface area contributed by atoms with E-state index in [0.717, 1.165) is 38.4 Å². The lowest BCUT2D eigenvalue weighted by atomic mass is 10.3. The van der Waals surface area contributed by atoms with Crippen molar-refractivity contribution in [2.75, 3.05) is 13.2 Å². The lowest BCUT2D eigenvalue weighted by molar-refractivity contribution is 0.0685. The van der Waals surface area contributed by atoms with Crippen LogP contribution in [0.4, 0.5) is 0 Å². The molecule has 0 atom stereocenters. The lowest BCUT2D eigenvalue weighted by Crippen LogP contribution is -2.26. The number of ether oxygens (including phenoxy) is 1. The van der Waals surface area contributed by atoms with E-state index in [1.54, 1.807) is 6.26 Å². The van der Waals surface area contributed by atoms with Crippen LogP contribution in [-0.4, -0.2) is 33.7 Å². The zero-order valence-corrected chi connectivity index (χ0v) is 13.2. The van der Waals surface area contributed by atoms with Gasteiger partial charge in [-0.15, -0.1) is 0 Å². The fourth-order valence-corrected chi connectivity index (χ4v) is 2.21. The van der Waals surface area contributed by atoms with Crippen LogP contribution < -0.4 is 0 Å². The summed E-state index contributed by atoms with van der Waals surface area (Å²) in [5.41, 5.74) is 1.20. The Hall–Kier alpha value is -1.59. The van der Waals surface area contributed by atoms with Crippen LogP contribution in [0.3, 0.4) is 0 Å². The van der Waals surface area contributed by atoms with Crippen LogP contribution in [0.1, 0.15) is 31.7 Å². The van der Waals surface area contributed by atoms with Crippen molar-refractivity contribution in [1.29, 1.82) is 0 Å². The maximum absolute atomic E-state index is 5.62. The Balaban J connectivity index is 1.88. The normalized spacial score (nSPS) is 11.7. The average molecular weight is 291 g/mol. The maximum Gasteiger partial charge on any atom is 0.117 e. The number of aryl methyl sites for hydroxylation is 1. The molecule has 0 bridgehead atoms. The van der Waals surface area contributed by atoms with E-state index in [0.29, 0.717) is 6.10 Å². The van der Waals surface area contributed by atoms with Gasteiger partial charge in [-0.25, -0.2) is 4.98 Å². The minimum absolute atomic E-state index is 0.292. The first-order chi connectivity index (χ1) is 10.1. The lowest BCUT2D eigenvalue weighted by Gasteiger charge is -2.21. The van der Waals surface area contributed by atoms with Gasteiger partial charge in [0.2, 0.25) is 0 Å². The summed E-state index contributed by atoms with van der Waals surface area (Å²) in [5, 5.41) is 0. The quantitative estimate of drug-likeness (QED) is 0.666. The van der Waals surface area contributed by atoms with Gasteiger partial charge in [-0.3, -0.25) is 4.90 Å². The van der Waals surface area contributed by atoms with Crippen molar-refractivity contribution in [3.8, 4) is 0 Å². The minimum atomic E-state index is 0.292. The van der Waals surface area contributed by atoms with Crippen molar-refractivity contribution < 1.29 is 9.15 Å². The van der Waals surface area contributed by atoms with Crippen LogP contribution in [0.2, 0.25) is 0 Å². The van der Waals surface area contributed by atoms with E-state index in [4.69, 9.17) is 9.15 Å². The molecule has 0 unspecified atom stereocenters. The van der Waals surface area contributed by atoms with Gasteiger partial charge in [0, 0.05) is 32.9 Å². The van der Waals surface area contributed by atoms with Gasteiger partial charge in [0.15, 0.2) is 0 Å². The van der Waals surface area contributed by atoms with E-state index < -0.39 is 0 Å². The van der Waals surface area contributed by atoms with E-state index in [1.165, 1.54) is 5.69 Å². The highest BCUT2D eigenvalue weighted by molar-refractivity contribution is 5.01. The Morgan fingerprint density at radius 2 is 2.24 bits per heavy atom. The predicted molar refractivity (Wildman–Crippen MR) is 81.7 cm³/mol. The van der Waals surface area contributed by atoms with Crippen molar-refractivity contribution in [2.45, 2.75) is 39.5 Å². The molecule has 0 N–H and O–H groups in total. The van der Waals surface area contributed by atoms with E-state index >= 15 is 0 Å². The van der Waals surface area contributed by atoms with Crippen LogP contribution in [-0.2, 0) is 24.9 Å². The first-order valence-electron chi connectivity index (χ1n) is 7.46. The van der Waals surface area contributed by atoms with Crippen molar-refractivity contribution in [3.63, 3.8) is 0 Å². The standard InChI is InChI=1S/C16H25N3O2/c1-14(2)20-9-5-7-19(12-16-6-4-8-21-16)11-15-10-17-13-18(15)3/h4,6,8,10,13-14H,5,7,9,11-12H2,1-3H3. The average Bonchev–Trinajstić information content (AvgIpc) is 3.07. The molecule has 0 amide bonds. The van der Waals surface area contributed by atoms with E-state index in [9.17, 15) is 0 Å². The van der Waals surface area contributed by atoms with Gasteiger partial charge < -0.3 is 13.7 Å². The molecule has 0 saturated heterocycles. The van der Waals surface area contributed by atoms with Gasteiger partial charge in [0.1, 0.15) is 5.76 Å². The van der Waals surface area contributed by atoms with Gasteiger partial charge in [-0.2, -0.15) is 0 Å². The molecular weight excluding hydrogens is 266 g/mol. The van der Waals surface area contributed by atoms with Crippen molar-refractivity contribution in [3.05, 3.63) is 42.4 Å². The van der Waals surface area contributed by atoms with Gasteiger partial charge in [0.25, 0.3) is 0 Å². The molecule has 0 radical (unpaired) electrons.